The topological polar surface area (TPSA) is 50.3 Å². The zero-order chi connectivity index (χ0) is 21.1. The minimum absolute atomic E-state index is 0.00796. The van der Waals surface area contributed by atoms with E-state index in [-0.39, 0.29) is 17.6 Å². The molecule has 3 aromatic rings. The first-order valence-corrected chi connectivity index (χ1v) is 10.9. The smallest absolute Gasteiger partial charge is 0.255 e. The number of Topliss-reactive ketones (excluding diaryl/α,β-unsaturated/α-hetero) is 1. The fraction of sp³-hybridized carbons (Fsp3) is 0.240. The van der Waals surface area contributed by atoms with Crippen molar-refractivity contribution < 1.29 is 9.59 Å². The third-order valence-corrected chi connectivity index (χ3v) is 6.14. The van der Waals surface area contributed by atoms with Crippen molar-refractivity contribution in [3.05, 3.63) is 88.0 Å². The van der Waals surface area contributed by atoms with Gasteiger partial charge in [-0.25, -0.2) is 0 Å². The van der Waals surface area contributed by atoms with E-state index in [2.05, 4.69) is 20.9 Å². The van der Waals surface area contributed by atoms with Crippen molar-refractivity contribution in [3.63, 3.8) is 0 Å². The minimum Gasteiger partial charge on any atom is -0.339 e. The molecule has 0 spiro atoms. The van der Waals surface area contributed by atoms with Gasteiger partial charge in [0.15, 0.2) is 5.78 Å². The monoisotopic (exact) mass is 462 g/mol. The van der Waals surface area contributed by atoms with Crippen LogP contribution in [0.4, 0.5) is 0 Å². The van der Waals surface area contributed by atoms with Gasteiger partial charge in [0, 0.05) is 34.6 Å². The number of aromatic nitrogens is 1. The van der Waals surface area contributed by atoms with Crippen molar-refractivity contribution in [2.75, 3.05) is 13.1 Å². The van der Waals surface area contributed by atoms with Gasteiger partial charge in [-0.15, -0.1) is 0 Å². The average Bonchev–Trinajstić information content (AvgIpc) is 2.79. The standard InChI is InChI=1S/C25H23BrN2O2/c1-17-22(10-11-23(27-17)20-8-5-9-21(26)16-20)25(30)28-14-12-19(13-15-28)24(29)18-6-3-2-4-7-18/h2-11,16,19H,12-15H2,1H3. The number of halogens is 1. The number of amides is 1. The molecule has 1 aromatic heterocycles. The molecule has 0 unspecified atom stereocenters. The quantitative estimate of drug-likeness (QED) is 0.477. The summed E-state index contributed by atoms with van der Waals surface area (Å²) in [5.74, 6) is 0.153. The highest BCUT2D eigenvalue weighted by atomic mass is 79.9. The number of pyridine rings is 1. The molecule has 1 aliphatic heterocycles. The lowest BCUT2D eigenvalue weighted by Crippen LogP contribution is -2.40. The van der Waals surface area contributed by atoms with E-state index in [1.54, 1.807) is 0 Å². The maximum Gasteiger partial charge on any atom is 0.255 e. The van der Waals surface area contributed by atoms with E-state index in [0.29, 0.717) is 31.5 Å². The third kappa shape index (κ3) is 4.36. The SMILES string of the molecule is Cc1nc(-c2cccc(Br)c2)ccc1C(=O)N1CCC(C(=O)c2ccccc2)CC1. The molecule has 30 heavy (non-hydrogen) atoms. The van der Waals surface area contributed by atoms with E-state index >= 15 is 0 Å². The highest BCUT2D eigenvalue weighted by Crippen LogP contribution is 2.25. The first-order chi connectivity index (χ1) is 14.5. The van der Waals surface area contributed by atoms with Gasteiger partial charge in [0.1, 0.15) is 0 Å². The first kappa shape index (κ1) is 20.5. The van der Waals surface area contributed by atoms with Crippen molar-refractivity contribution in [3.8, 4) is 11.3 Å². The van der Waals surface area contributed by atoms with Gasteiger partial charge in [0.2, 0.25) is 0 Å². The molecule has 4 nitrogen and oxygen atoms in total. The Kier molecular flexibility index (Phi) is 6.09. The fourth-order valence-electron chi connectivity index (χ4n) is 3.95. The van der Waals surface area contributed by atoms with E-state index in [9.17, 15) is 9.59 Å². The molecule has 1 amide bonds. The summed E-state index contributed by atoms with van der Waals surface area (Å²) in [7, 11) is 0. The van der Waals surface area contributed by atoms with Gasteiger partial charge in [-0.3, -0.25) is 14.6 Å². The van der Waals surface area contributed by atoms with Crippen molar-refractivity contribution in [2.45, 2.75) is 19.8 Å². The molecule has 1 fully saturated rings. The fourth-order valence-corrected chi connectivity index (χ4v) is 4.35. The number of piperidine rings is 1. The maximum absolute atomic E-state index is 13.1. The second-order valence-corrected chi connectivity index (χ2v) is 8.55. The number of likely N-dealkylation sites (tertiary alicyclic amines) is 1. The van der Waals surface area contributed by atoms with Crippen LogP contribution in [0.3, 0.4) is 0 Å². The summed E-state index contributed by atoms with van der Waals surface area (Å²) in [6.07, 6.45) is 1.39. The van der Waals surface area contributed by atoms with Gasteiger partial charge in [-0.05, 0) is 44.0 Å². The molecule has 0 radical (unpaired) electrons. The van der Waals surface area contributed by atoms with Crippen molar-refractivity contribution in [1.29, 1.82) is 0 Å². The number of hydrogen-bond acceptors (Lipinski definition) is 3. The molecule has 5 heteroatoms. The third-order valence-electron chi connectivity index (χ3n) is 5.65. The maximum atomic E-state index is 13.1. The van der Waals surface area contributed by atoms with E-state index in [4.69, 9.17) is 0 Å². The molecule has 1 aliphatic rings. The van der Waals surface area contributed by atoms with Gasteiger partial charge >= 0.3 is 0 Å². The van der Waals surface area contributed by atoms with Crippen molar-refractivity contribution in [1.82, 2.24) is 9.88 Å². The lowest BCUT2D eigenvalue weighted by Gasteiger charge is -2.31. The Hall–Kier alpha value is -2.79. The minimum atomic E-state index is -0.0189. The van der Waals surface area contributed by atoms with E-state index in [0.717, 1.165) is 27.0 Å². The summed E-state index contributed by atoms with van der Waals surface area (Å²) >= 11 is 3.48. The lowest BCUT2D eigenvalue weighted by atomic mass is 9.88. The molecular weight excluding hydrogens is 440 g/mol. The summed E-state index contributed by atoms with van der Waals surface area (Å²) in [4.78, 5) is 32.2. The number of aryl methyl sites for hydroxylation is 1. The number of benzene rings is 2. The molecule has 0 aliphatic carbocycles. The number of nitrogens with zero attached hydrogens (tertiary/aromatic N) is 2. The van der Waals surface area contributed by atoms with Crippen molar-refractivity contribution in [2.24, 2.45) is 5.92 Å². The van der Waals surface area contributed by atoms with Gasteiger partial charge in [0.05, 0.1) is 17.0 Å². The molecule has 0 N–H and O–H groups in total. The van der Waals surface area contributed by atoms with Crippen LogP contribution in [0.25, 0.3) is 11.3 Å². The Balaban J connectivity index is 1.43. The normalized spacial score (nSPS) is 14.5. The molecule has 4 rings (SSSR count). The Morgan fingerprint density at radius 1 is 0.967 bits per heavy atom. The predicted octanol–water partition coefficient (Wildman–Crippen LogP) is 5.55. The summed E-state index contributed by atoms with van der Waals surface area (Å²) in [5.41, 5.74) is 3.95. The van der Waals surface area contributed by atoms with Crippen LogP contribution >= 0.6 is 15.9 Å². The van der Waals surface area contributed by atoms with Crippen LogP contribution in [0.1, 0.15) is 39.3 Å². The van der Waals surface area contributed by atoms with Crippen LogP contribution < -0.4 is 0 Å². The number of carbonyl (C=O) groups excluding carboxylic acids is 2. The van der Waals surface area contributed by atoms with Crippen LogP contribution in [0.2, 0.25) is 0 Å². The summed E-state index contributed by atoms with van der Waals surface area (Å²) in [6.45, 7) is 3.06. The summed E-state index contributed by atoms with van der Waals surface area (Å²) in [5, 5.41) is 0. The first-order valence-electron chi connectivity index (χ1n) is 10.1. The molecule has 2 heterocycles. The molecular formula is C25H23BrN2O2. The van der Waals surface area contributed by atoms with Gasteiger partial charge < -0.3 is 4.90 Å². The average molecular weight is 463 g/mol. The Labute approximate surface area is 185 Å². The summed E-state index contributed by atoms with van der Waals surface area (Å²) in [6, 6.07) is 21.1. The highest BCUT2D eigenvalue weighted by molar-refractivity contribution is 9.10. The zero-order valence-electron chi connectivity index (χ0n) is 16.8. The van der Waals surface area contributed by atoms with Gasteiger partial charge in [-0.2, -0.15) is 0 Å². The van der Waals surface area contributed by atoms with Crippen LogP contribution in [0.15, 0.2) is 71.2 Å². The van der Waals surface area contributed by atoms with E-state index in [1.165, 1.54) is 0 Å². The molecule has 0 saturated carbocycles. The molecule has 0 bridgehead atoms. The summed E-state index contributed by atoms with van der Waals surface area (Å²) < 4.78 is 0.993. The van der Waals surface area contributed by atoms with Crippen LogP contribution in [0, 0.1) is 12.8 Å². The number of carbonyl (C=O) groups is 2. The highest BCUT2D eigenvalue weighted by Gasteiger charge is 2.29. The predicted molar refractivity (Wildman–Crippen MR) is 122 cm³/mol. The molecule has 1 saturated heterocycles. The number of ketones is 1. The van der Waals surface area contributed by atoms with Gasteiger partial charge in [-0.1, -0.05) is 58.4 Å². The van der Waals surface area contributed by atoms with E-state index < -0.39 is 0 Å². The van der Waals surface area contributed by atoms with Crippen LogP contribution in [0.5, 0.6) is 0 Å². The Morgan fingerprint density at radius 2 is 1.70 bits per heavy atom. The number of rotatable bonds is 4. The van der Waals surface area contributed by atoms with Crippen molar-refractivity contribution >= 4 is 27.6 Å². The van der Waals surface area contributed by atoms with Gasteiger partial charge in [0.25, 0.3) is 5.91 Å². The Bertz CT molecular complexity index is 1070. The Morgan fingerprint density at radius 3 is 2.37 bits per heavy atom. The molecule has 2 aromatic carbocycles. The van der Waals surface area contributed by atoms with E-state index in [1.807, 2.05) is 78.6 Å². The largest absolute Gasteiger partial charge is 0.339 e. The lowest BCUT2D eigenvalue weighted by molar-refractivity contribution is 0.0649. The van der Waals surface area contributed by atoms with Crippen LogP contribution in [-0.2, 0) is 0 Å². The molecule has 0 atom stereocenters. The number of hydrogen-bond donors (Lipinski definition) is 0. The van der Waals surface area contributed by atoms with Crippen LogP contribution in [-0.4, -0.2) is 34.7 Å². The second kappa shape index (κ2) is 8.92. The zero-order valence-corrected chi connectivity index (χ0v) is 18.4. The molecule has 152 valence electrons. The second-order valence-electron chi connectivity index (χ2n) is 7.64.